The lowest BCUT2D eigenvalue weighted by Crippen LogP contribution is -2.23. The molecule has 5 nitrogen and oxygen atoms in total. The standard InChI is InChI=1S/C8H14ClNO4S/c1-3-14-8(11)5-6(10)4-7(9)15(2,12)13/h4,6H,3,5,10H2,1-2H3/b7-4+/t6-/m1/s1. The Kier molecular flexibility index (Phi) is 5.85. The third-order valence-corrected chi connectivity index (χ3v) is 3.22. The third kappa shape index (κ3) is 6.48. The molecule has 0 bridgehead atoms. The molecule has 0 aromatic rings. The normalized spacial score (nSPS) is 14.8. The fourth-order valence-corrected chi connectivity index (χ4v) is 1.35. The van der Waals surface area contributed by atoms with E-state index in [1.807, 2.05) is 0 Å². The van der Waals surface area contributed by atoms with Crippen LogP contribution < -0.4 is 5.73 Å². The summed E-state index contributed by atoms with van der Waals surface area (Å²) in [6.45, 7) is 1.93. The smallest absolute Gasteiger partial charge is 0.307 e. The van der Waals surface area contributed by atoms with E-state index in [4.69, 9.17) is 17.3 Å². The van der Waals surface area contributed by atoms with Crippen LogP contribution in [0.25, 0.3) is 0 Å². The van der Waals surface area contributed by atoms with E-state index in [1.165, 1.54) is 0 Å². The molecule has 0 aliphatic carbocycles. The first-order valence-corrected chi connectivity index (χ1v) is 6.53. The van der Waals surface area contributed by atoms with Gasteiger partial charge in [-0.25, -0.2) is 8.42 Å². The van der Waals surface area contributed by atoms with Gasteiger partial charge < -0.3 is 10.5 Å². The Morgan fingerprint density at radius 3 is 2.53 bits per heavy atom. The van der Waals surface area contributed by atoms with E-state index in [1.54, 1.807) is 6.92 Å². The molecule has 0 fully saturated rings. The Hall–Kier alpha value is -0.590. The number of hydrogen-bond acceptors (Lipinski definition) is 5. The van der Waals surface area contributed by atoms with Gasteiger partial charge in [0.05, 0.1) is 13.0 Å². The van der Waals surface area contributed by atoms with E-state index >= 15 is 0 Å². The van der Waals surface area contributed by atoms with Crippen molar-refractivity contribution in [2.24, 2.45) is 5.73 Å². The Bertz CT molecular complexity index is 350. The van der Waals surface area contributed by atoms with Gasteiger partial charge in [0, 0.05) is 12.3 Å². The second-order valence-corrected chi connectivity index (χ2v) is 5.53. The maximum atomic E-state index is 11.0. The highest BCUT2D eigenvalue weighted by Crippen LogP contribution is 2.11. The van der Waals surface area contributed by atoms with Crippen molar-refractivity contribution < 1.29 is 17.9 Å². The van der Waals surface area contributed by atoms with Crippen molar-refractivity contribution in [1.29, 1.82) is 0 Å². The third-order valence-electron chi connectivity index (χ3n) is 1.41. The summed E-state index contributed by atoms with van der Waals surface area (Å²) in [7, 11) is -3.45. The van der Waals surface area contributed by atoms with Gasteiger partial charge in [0.25, 0.3) is 0 Å². The molecule has 7 heteroatoms. The number of halogens is 1. The molecule has 0 aliphatic rings. The molecule has 15 heavy (non-hydrogen) atoms. The average Bonchev–Trinajstić information content (AvgIpc) is 2.01. The summed E-state index contributed by atoms with van der Waals surface area (Å²) >= 11 is 5.45. The van der Waals surface area contributed by atoms with Crippen LogP contribution in [0.2, 0.25) is 0 Å². The van der Waals surface area contributed by atoms with Crippen LogP contribution >= 0.6 is 11.6 Å². The van der Waals surface area contributed by atoms with Crippen LogP contribution in [0, 0.1) is 0 Å². The second kappa shape index (κ2) is 6.09. The van der Waals surface area contributed by atoms with E-state index < -0.39 is 21.8 Å². The molecule has 0 heterocycles. The SMILES string of the molecule is CCOC(=O)C[C@H](N)/C=C(\Cl)S(C)(=O)=O. The fraction of sp³-hybridized carbons (Fsp3) is 0.625. The first kappa shape index (κ1) is 14.4. The van der Waals surface area contributed by atoms with E-state index in [0.717, 1.165) is 12.3 Å². The number of ether oxygens (including phenoxy) is 1. The van der Waals surface area contributed by atoms with Crippen molar-refractivity contribution >= 4 is 27.4 Å². The van der Waals surface area contributed by atoms with Crippen molar-refractivity contribution in [3.63, 3.8) is 0 Å². The number of rotatable bonds is 5. The number of carbonyl (C=O) groups is 1. The lowest BCUT2D eigenvalue weighted by molar-refractivity contribution is -0.143. The summed E-state index contributed by atoms with van der Waals surface area (Å²) in [6, 6.07) is -0.758. The molecule has 2 N–H and O–H groups in total. The minimum Gasteiger partial charge on any atom is -0.466 e. The van der Waals surface area contributed by atoms with Crippen LogP contribution in [0.1, 0.15) is 13.3 Å². The Morgan fingerprint density at radius 1 is 1.60 bits per heavy atom. The minimum absolute atomic E-state index is 0.0976. The zero-order chi connectivity index (χ0) is 12.1. The Balaban J connectivity index is 4.37. The van der Waals surface area contributed by atoms with Gasteiger partial charge in [-0.2, -0.15) is 0 Å². The summed E-state index contributed by atoms with van der Waals surface area (Å²) in [5.74, 6) is -0.487. The molecule has 1 atom stereocenters. The Labute approximate surface area is 94.1 Å². The molecule has 0 unspecified atom stereocenters. The van der Waals surface area contributed by atoms with Crippen LogP contribution in [-0.4, -0.2) is 33.3 Å². The highest BCUT2D eigenvalue weighted by Gasteiger charge is 2.13. The topological polar surface area (TPSA) is 86.5 Å². The van der Waals surface area contributed by atoms with Crippen molar-refractivity contribution in [3.8, 4) is 0 Å². The van der Waals surface area contributed by atoms with Crippen LogP contribution in [0.5, 0.6) is 0 Å². The molecule has 0 rings (SSSR count). The largest absolute Gasteiger partial charge is 0.466 e. The molecule has 0 spiro atoms. The lowest BCUT2D eigenvalue weighted by Gasteiger charge is -2.06. The van der Waals surface area contributed by atoms with Crippen LogP contribution in [0.4, 0.5) is 0 Å². The molecular weight excluding hydrogens is 242 g/mol. The molecule has 0 aliphatic heterocycles. The van der Waals surface area contributed by atoms with Crippen molar-refractivity contribution in [3.05, 3.63) is 10.4 Å². The van der Waals surface area contributed by atoms with Gasteiger partial charge >= 0.3 is 5.97 Å². The summed E-state index contributed by atoms with van der Waals surface area (Å²) in [5, 5.41) is 0. The van der Waals surface area contributed by atoms with Gasteiger partial charge in [0.1, 0.15) is 4.36 Å². The summed E-state index contributed by atoms with van der Waals surface area (Å²) in [5.41, 5.74) is 5.48. The van der Waals surface area contributed by atoms with Gasteiger partial charge in [0.15, 0.2) is 9.84 Å². The van der Waals surface area contributed by atoms with Gasteiger partial charge in [-0.15, -0.1) is 0 Å². The highest BCUT2D eigenvalue weighted by atomic mass is 35.5. The monoisotopic (exact) mass is 255 g/mol. The number of hydrogen-bond donors (Lipinski definition) is 1. The molecule has 0 aromatic carbocycles. The van der Waals surface area contributed by atoms with E-state index in [0.29, 0.717) is 0 Å². The second-order valence-electron chi connectivity index (χ2n) is 2.92. The minimum atomic E-state index is -3.45. The summed E-state index contributed by atoms with van der Waals surface area (Å²) in [4.78, 5) is 11.0. The van der Waals surface area contributed by atoms with E-state index in [9.17, 15) is 13.2 Å². The van der Waals surface area contributed by atoms with Crippen LogP contribution in [-0.2, 0) is 19.4 Å². The van der Waals surface area contributed by atoms with Crippen molar-refractivity contribution in [2.45, 2.75) is 19.4 Å². The average molecular weight is 256 g/mol. The maximum absolute atomic E-state index is 11.0. The van der Waals surface area contributed by atoms with Gasteiger partial charge in [0.2, 0.25) is 0 Å². The fourth-order valence-electron chi connectivity index (χ4n) is 0.763. The lowest BCUT2D eigenvalue weighted by atomic mass is 10.2. The van der Waals surface area contributed by atoms with Crippen molar-refractivity contribution in [2.75, 3.05) is 12.9 Å². The predicted octanol–water partition coefficient (Wildman–Crippen LogP) is 0.392. The summed E-state index contributed by atoms with van der Waals surface area (Å²) in [6.07, 6.45) is 1.98. The number of carbonyl (C=O) groups excluding carboxylic acids is 1. The van der Waals surface area contributed by atoms with Crippen molar-refractivity contribution in [1.82, 2.24) is 0 Å². The molecule has 88 valence electrons. The Morgan fingerprint density at radius 2 is 2.13 bits per heavy atom. The van der Waals surface area contributed by atoms with E-state index in [-0.39, 0.29) is 17.4 Å². The number of nitrogens with two attached hydrogens (primary N) is 1. The molecule has 0 amide bonds. The highest BCUT2D eigenvalue weighted by molar-refractivity contribution is 7.96. The molecular formula is C8H14ClNO4S. The first-order valence-electron chi connectivity index (χ1n) is 4.26. The molecule has 0 radical (unpaired) electrons. The van der Waals surface area contributed by atoms with Crippen LogP contribution in [0.3, 0.4) is 0 Å². The predicted molar refractivity (Wildman–Crippen MR) is 58.0 cm³/mol. The zero-order valence-electron chi connectivity index (χ0n) is 8.57. The quantitative estimate of drug-likeness (QED) is 0.719. The van der Waals surface area contributed by atoms with E-state index in [2.05, 4.69) is 4.74 Å². The summed E-state index contributed by atoms with van der Waals surface area (Å²) < 4.78 is 26.1. The maximum Gasteiger partial charge on any atom is 0.307 e. The van der Waals surface area contributed by atoms with Crippen LogP contribution in [0.15, 0.2) is 10.4 Å². The zero-order valence-corrected chi connectivity index (χ0v) is 10.1. The molecule has 0 aromatic heterocycles. The number of sulfone groups is 1. The van der Waals surface area contributed by atoms with Gasteiger partial charge in [-0.1, -0.05) is 11.6 Å². The van der Waals surface area contributed by atoms with Gasteiger partial charge in [-0.3, -0.25) is 4.79 Å². The van der Waals surface area contributed by atoms with Gasteiger partial charge in [-0.05, 0) is 13.0 Å². The first-order chi connectivity index (χ1) is 6.77. The molecule has 0 saturated carbocycles. The molecule has 0 saturated heterocycles. The number of esters is 1.